The fraction of sp³-hybridized carbons (Fsp3) is 0.200. The SMILES string of the molecule is CC1C=CC=CC1NCc1ccc(CNc2ccccc2)c2ccccc12. The van der Waals surface area contributed by atoms with Crippen LogP contribution >= 0.6 is 0 Å². The lowest BCUT2D eigenvalue weighted by atomic mass is 9.96. The second-order valence-electron chi connectivity index (χ2n) is 7.18. The molecule has 2 heteroatoms. The van der Waals surface area contributed by atoms with Crippen LogP contribution in [0.1, 0.15) is 18.1 Å². The number of para-hydroxylation sites is 1. The summed E-state index contributed by atoms with van der Waals surface area (Å²) < 4.78 is 0. The first-order valence-electron chi connectivity index (χ1n) is 9.68. The van der Waals surface area contributed by atoms with E-state index in [1.54, 1.807) is 0 Å². The van der Waals surface area contributed by atoms with Crippen LogP contribution in [0.2, 0.25) is 0 Å². The Morgan fingerprint density at radius 1 is 0.704 bits per heavy atom. The summed E-state index contributed by atoms with van der Waals surface area (Å²) in [5.74, 6) is 0.524. The third-order valence-electron chi connectivity index (χ3n) is 5.30. The van der Waals surface area contributed by atoms with E-state index in [2.05, 4.69) is 103 Å². The lowest BCUT2D eigenvalue weighted by Gasteiger charge is -2.22. The van der Waals surface area contributed by atoms with Crippen LogP contribution in [0, 0.1) is 5.92 Å². The van der Waals surface area contributed by atoms with Gasteiger partial charge in [0.1, 0.15) is 0 Å². The topological polar surface area (TPSA) is 24.1 Å². The van der Waals surface area contributed by atoms with E-state index in [9.17, 15) is 0 Å². The molecule has 0 fully saturated rings. The Hall–Kier alpha value is -2.84. The Labute approximate surface area is 161 Å². The van der Waals surface area contributed by atoms with Crippen molar-refractivity contribution < 1.29 is 0 Å². The summed E-state index contributed by atoms with van der Waals surface area (Å²) in [7, 11) is 0. The maximum atomic E-state index is 3.70. The number of benzene rings is 3. The Bertz CT molecular complexity index is 956. The molecule has 0 amide bonds. The highest BCUT2D eigenvalue weighted by atomic mass is 14.9. The van der Waals surface area contributed by atoms with Crippen LogP contribution in [0.5, 0.6) is 0 Å². The van der Waals surface area contributed by atoms with Crippen LogP contribution in [0.4, 0.5) is 5.69 Å². The zero-order valence-corrected chi connectivity index (χ0v) is 15.7. The van der Waals surface area contributed by atoms with E-state index in [4.69, 9.17) is 0 Å². The molecule has 0 radical (unpaired) electrons. The van der Waals surface area contributed by atoms with E-state index in [0.717, 1.165) is 18.8 Å². The van der Waals surface area contributed by atoms with Gasteiger partial charge in [0.2, 0.25) is 0 Å². The van der Waals surface area contributed by atoms with Crippen molar-refractivity contribution in [3.8, 4) is 0 Å². The summed E-state index contributed by atoms with van der Waals surface area (Å²) >= 11 is 0. The molecule has 0 spiro atoms. The number of rotatable bonds is 6. The molecule has 2 unspecified atom stereocenters. The zero-order valence-electron chi connectivity index (χ0n) is 15.7. The smallest absolute Gasteiger partial charge is 0.0406 e. The van der Waals surface area contributed by atoms with E-state index in [1.807, 2.05) is 6.07 Å². The number of hydrogen-bond acceptors (Lipinski definition) is 2. The average molecular weight is 354 g/mol. The van der Waals surface area contributed by atoms with Gasteiger partial charge in [-0.15, -0.1) is 0 Å². The first-order chi connectivity index (χ1) is 13.3. The normalized spacial score (nSPS) is 18.7. The van der Waals surface area contributed by atoms with Crippen molar-refractivity contribution >= 4 is 16.5 Å². The van der Waals surface area contributed by atoms with E-state index >= 15 is 0 Å². The average Bonchev–Trinajstić information content (AvgIpc) is 2.73. The fourth-order valence-corrected chi connectivity index (χ4v) is 3.69. The van der Waals surface area contributed by atoms with Crippen LogP contribution in [0.15, 0.2) is 91.0 Å². The molecule has 2 nitrogen and oxygen atoms in total. The molecule has 0 aromatic heterocycles. The standard InChI is InChI=1S/C25H26N2/c1-19-9-5-8-14-25(19)27-18-21-16-15-20(23-12-6-7-13-24(21)23)17-26-22-10-3-2-4-11-22/h2-16,19,25-27H,17-18H2,1H3. The van der Waals surface area contributed by atoms with Crippen molar-refractivity contribution in [3.63, 3.8) is 0 Å². The molecule has 27 heavy (non-hydrogen) atoms. The highest BCUT2D eigenvalue weighted by Crippen LogP contribution is 2.24. The zero-order chi connectivity index (χ0) is 18.5. The molecular weight excluding hydrogens is 328 g/mol. The van der Waals surface area contributed by atoms with Crippen molar-refractivity contribution in [2.75, 3.05) is 5.32 Å². The van der Waals surface area contributed by atoms with E-state index < -0.39 is 0 Å². The molecular formula is C25H26N2. The van der Waals surface area contributed by atoms with Gasteiger partial charge < -0.3 is 10.6 Å². The number of fused-ring (bicyclic) bond motifs is 1. The summed E-state index contributed by atoms with van der Waals surface area (Å²) in [6, 6.07) is 24.0. The van der Waals surface area contributed by atoms with E-state index in [1.165, 1.54) is 21.9 Å². The molecule has 0 saturated carbocycles. The van der Waals surface area contributed by atoms with Crippen molar-refractivity contribution in [3.05, 3.63) is 102 Å². The Kier molecular flexibility index (Phi) is 5.36. The number of hydrogen-bond donors (Lipinski definition) is 2. The minimum Gasteiger partial charge on any atom is -0.381 e. The number of allylic oxidation sites excluding steroid dienone is 2. The minimum atomic E-state index is 0.396. The first kappa shape index (κ1) is 17.6. The van der Waals surface area contributed by atoms with Gasteiger partial charge in [-0.2, -0.15) is 0 Å². The van der Waals surface area contributed by atoms with E-state index in [-0.39, 0.29) is 0 Å². The van der Waals surface area contributed by atoms with Gasteiger partial charge in [0.25, 0.3) is 0 Å². The van der Waals surface area contributed by atoms with Gasteiger partial charge in [0.15, 0.2) is 0 Å². The number of nitrogens with one attached hydrogen (secondary N) is 2. The molecule has 1 aliphatic rings. The second kappa shape index (κ2) is 8.24. The lowest BCUT2D eigenvalue weighted by Crippen LogP contribution is -2.32. The largest absolute Gasteiger partial charge is 0.381 e. The van der Waals surface area contributed by atoms with Crippen LogP contribution in [-0.4, -0.2) is 6.04 Å². The molecule has 1 aliphatic carbocycles. The quantitative estimate of drug-likeness (QED) is 0.596. The second-order valence-corrected chi connectivity index (χ2v) is 7.18. The molecule has 0 aliphatic heterocycles. The lowest BCUT2D eigenvalue weighted by molar-refractivity contribution is 0.496. The van der Waals surface area contributed by atoms with Crippen molar-refractivity contribution in [1.82, 2.24) is 5.32 Å². The van der Waals surface area contributed by atoms with Gasteiger partial charge in [0, 0.05) is 24.8 Å². The van der Waals surface area contributed by atoms with Crippen LogP contribution in [-0.2, 0) is 13.1 Å². The number of anilines is 1. The van der Waals surface area contributed by atoms with Gasteiger partial charge in [-0.1, -0.05) is 85.8 Å². The van der Waals surface area contributed by atoms with E-state index in [0.29, 0.717) is 12.0 Å². The summed E-state index contributed by atoms with van der Waals surface area (Å²) in [6.07, 6.45) is 8.78. The van der Waals surface area contributed by atoms with Crippen LogP contribution in [0.3, 0.4) is 0 Å². The molecule has 2 N–H and O–H groups in total. The Morgan fingerprint density at radius 2 is 1.33 bits per heavy atom. The molecule has 3 aromatic rings. The highest BCUT2D eigenvalue weighted by Gasteiger charge is 2.14. The van der Waals surface area contributed by atoms with Crippen molar-refractivity contribution in [2.45, 2.75) is 26.1 Å². The van der Waals surface area contributed by atoms with Gasteiger partial charge in [-0.3, -0.25) is 0 Å². The Morgan fingerprint density at radius 3 is 2.04 bits per heavy atom. The third-order valence-corrected chi connectivity index (χ3v) is 5.30. The van der Waals surface area contributed by atoms with Crippen LogP contribution < -0.4 is 10.6 Å². The fourth-order valence-electron chi connectivity index (χ4n) is 3.69. The predicted molar refractivity (Wildman–Crippen MR) is 116 cm³/mol. The maximum Gasteiger partial charge on any atom is 0.0406 e. The molecule has 0 heterocycles. The van der Waals surface area contributed by atoms with Crippen LogP contribution in [0.25, 0.3) is 10.8 Å². The summed E-state index contributed by atoms with van der Waals surface area (Å²) in [5.41, 5.74) is 3.83. The highest BCUT2D eigenvalue weighted by molar-refractivity contribution is 5.89. The van der Waals surface area contributed by atoms with Crippen molar-refractivity contribution in [1.29, 1.82) is 0 Å². The molecule has 0 bridgehead atoms. The third kappa shape index (κ3) is 4.12. The molecule has 0 saturated heterocycles. The van der Waals surface area contributed by atoms with Gasteiger partial charge >= 0.3 is 0 Å². The molecule has 3 aromatic carbocycles. The van der Waals surface area contributed by atoms with Gasteiger partial charge in [0.05, 0.1) is 0 Å². The molecule has 4 rings (SSSR count). The van der Waals surface area contributed by atoms with Gasteiger partial charge in [-0.25, -0.2) is 0 Å². The first-order valence-corrected chi connectivity index (χ1v) is 9.68. The maximum absolute atomic E-state index is 3.70. The summed E-state index contributed by atoms with van der Waals surface area (Å²) in [4.78, 5) is 0. The summed E-state index contributed by atoms with van der Waals surface area (Å²) in [6.45, 7) is 3.96. The Balaban J connectivity index is 1.53. The monoisotopic (exact) mass is 354 g/mol. The van der Waals surface area contributed by atoms with Gasteiger partial charge in [-0.05, 0) is 39.9 Å². The minimum absolute atomic E-state index is 0.396. The summed E-state index contributed by atoms with van der Waals surface area (Å²) in [5, 5.41) is 9.89. The van der Waals surface area contributed by atoms with Crippen molar-refractivity contribution in [2.24, 2.45) is 5.92 Å². The predicted octanol–water partition coefficient (Wildman–Crippen LogP) is 5.67. The molecule has 136 valence electrons. The molecule has 2 atom stereocenters.